The molecule has 41 heavy (non-hydrogen) atoms. The molecule has 1 atom stereocenters. The molecule has 0 bridgehead atoms. The van der Waals surface area contributed by atoms with Crippen LogP contribution in [0.2, 0.25) is 5.02 Å². The lowest BCUT2D eigenvalue weighted by atomic mass is 10.1. The molecule has 0 radical (unpaired) electrons. The number of nitrogens with zero attached hydrogens (tertiary/aromatic N) is 5. The van der Waals surface area contributed by atoms with Crippen molar-refractivity contribution in [2.75, 3.05) is 11.1 Å². The van der Waals surface area contributed by atoms with Gasteiger partial charge >= 0.3 is 0 Å². The summed E-state index contributed by atoms with van der Waals surface area (Å²) in [5, 5.41) is 3.98. The van der Waals surface area contributed by atoms with Crippen LogP contribution in [0.1, 0.15) is 55.4 Å². The third kappa shape index (κ3) is 6.03. The van der Waals surface area contributed by atoms with E-state index >= 15 is 0 Å². The summed E-state index contributed by atoms with van der Waals surface area (Å²) < 4.78 is 14.8. The first-order valence-electron chi connectivity index (χ1n) is 13.2. The van der Waals surface area contributed by atoms with E-state index in [1.165, 1.54) is 18.5 Å². The number of benzene rings is 2. The highest BCUT2D eigenvalue weighted by atomic mass is 35.5. The number of unbranched alkanes of at least 4 members (excludes halogenated alkanes) is 1. The fourth-order valence-corrected chi connectivity index (χ4v) is 4.71. The lowest BCUT2D eigenvalue weighted by Crippen LogP contribution is -2.28. The van der Waals surface area contributed by atoms with Gasteiger partial charge in [-0.2, -0.15) is 0 Å². The molecule has 0 aliphatic heterocycles. The topological polar surface area (TPSA) is 112 Å². The second-order valence-electron chi connectivity index (χ2n) is 9.48. The summed E-state index contributed by atoms with van der Waals surface area (Å²) in [4.78, 5) is 31.2. The van der Waals surface area contributed by atoms with E-state index in [0.717, 1.165) is 31.0 Å². The molecule has 206 valence electrons. The quantitative estimate of drug-likeness (QED) is 0.237. The summed E-state index contributed by atoms with van der Waals surface area (Å²) in [6.45, 7) is 4.01. The number of nitrogens with two attached hydrogens (primary N) is 1. The number of nitrogen functional groups attached to an aromatic ring is 1. The first kappa shape index (κ1) is 27.7. The summed E-state index contributed by atoms with van der Waals surface area (Å²) in [6.07, 6.45) is 5.41. The number of rotatable bonds is 7. The van der Waals surface area contributed by atoms with Gasteiger partial charge in [0.15, 0.2) is 0 Å². The Morgan fingerprint density at radius 2 is 1.93 bits per heavy atom. The van der Waals surface area contributed by atoms with Gasteiger partial charge in [0, 0.05) is 0 Å². The minimum Gasteiger partial charge on any atom is -0.382 e. The number of pyridine rings is 1. The van der Waals surface area contributed by atoms with E-state index in [-0.39, 0.29) is 11.4 Å². The Balaban J connectivity index is 1.61. The van der Waals surface area contributed by atoms with E-state index in [4.69, 9.17) is 22.3 Å². The molecule has 0 spiro atoms. The molecule has 3 N–H and O–H groups in total. The van der Waals surface area contributed by atoms with Gasteiger partial charge in [0.05, 0.1) is 33.9 Å². The zero-order chi connectivity index (χ0) is 28.9. The number of aryl methyl sites for hydroxylation is 1. The number of anilines is 2. The summed E-state index contributed by atoms with van der Waals surface area (Å²) in [7, 11) is 0. The second kappa shape index (κ2) is 12.1. The second-order valence-corrected chi connectivity index (χ2v) is 9.89. The Bertz CT molecular complexity index is 1840. The number of hydrogen-bond donors (Lipinski definition) is 2. The molecule has 2 aromatic carbocycles. The summed E-state index contributed by atoms with van der Waals surface area (Å²) in [5.74, 6) is 6.31. The van der Waals surface area contributed by atoms with Crippen LogP contribution >= 0.6 is 11.6 Å². The highest BCUT2D eigenvalue weighted by Crippen LogP contribution is 2.26. The van der Waals surface area contributed by atoms with Crippen LogP contribution in [-0.2, 0) is 6.42 Å². The monoisotopic (exact) mass is 567 g/mol. The normalized spacial score (nSPS) is 11.6. The molecule has 0 fully saturated rings. The Morgan fingerprint density at radius 3 is 2.71 bits per heavy atom. The number of hydrogen-bond acceptors (Lipinski definition) is 7. The number of aromatic nitrogens is 5. The fourth-order valence-electron chi connectivity index (χ4n) is 4.46. The van der Waals surface area contributed by atoms with Crippen LogP contribution in [0.3, 0.4) is 0 Å². The van der Waals surface area contributed by atoms with Gasteiger partial charge < -0.3 is 11.1 Å². The minimum absolute atomic E-state index is 0.156. The van der Waals surface area contributed by atoms with Crippen molar-refractivity contribution in [1.29, 1.82) is 0 Å². The Hall–Kier alpha value is -4.81. The summed E-state index contributed by atoms with van der Waals surface area (Å²) in [6, 6.07) is 15.3. The molecule has 5 aromatic rings. The number of fused-ring (bicyclic) bond motifs is 1. The average Bonchev–Trinajstić information content (AvgIpc) is 2.96. The van der Waals surface area contributed by atoms with E-state index in [0.29, 0.717) is 44.5 Å². The maximum absolute atomic E-state index is 14.0. The van der Waals surface area contributed by atoms with Gasteiger partial charge in [-0.1, -0.05) is 49.1 Å². The van der Waals surface area contributed by atoms with Crippen LogP contribution in [-0.4, -0.2) is 24.5 Å². The van der Waals surface area contributed by atoms with Crippen LogP contribution in [0.25, 0.3) is 16.6 Å². The van der Waals surface area contributed by atoms with Gasteiger partial charge in [-0.15, -0.1) is 0 Å². The van der Waals surface area contributed by atoms with Gasteiger partial charge in [-0.3, -0.25) is 9.36 Å². The van der Waals surface area contributed by atoms with Gasteiger partial charge in [0.25, 0.3) is 5.56 Å². The minimum atomic E-state index is -0.524. The van der Waals surface area contributed by atoms with Crippen molar-refractivity contribution in [3.05, 3.63) is 111 Å². The molecule has 0 aliphatic carbocycles. The van der Waals surface area contributed by atoms with Crippen molar-refractivity contribution in [3.8, 4) is 17.5 Å². The molecule has 0 unspecified atom stereocenters. The number of nitrogens with one attached hydrogen (secondary N) is 1. The van der Waals surface area contributed by atoms with Crippen molar-refractivity contribution in [2.24, 2.45) is 0 Å². The van der Waals surface area contributed by atoms with E-state index in [1.54, 1.807) is 22.8 Å². The van der Waals surface area contributed by atoms with Gasteiger partial charge in [-0.05, 0) is 67.6 Å². The van der Waals surface area contributed by atoms with Crippen molar-refractivity contribution in [3.63, 3.8) is 0 Å². The van der Waals surface area contributed by atoms with Crippen LogP contribution in [0.4, 0.5) is 16.0 Å². The first-order valence-corrected chi connectivity index (χ1v) is 13.5. The largest absolute Gasteiger partial charge is 0.382 e. The van der Waals surface area contributed by atoms with Crippen LogP contribution in [0.15, 0.2) is 71.9 Å². The Labute approximate surface area is 241 Å². The zero-order valence-corrected chi connectivity index (χ0v) is 23.3. The summed E-state index contributed by atoms with van der Waals surface area (Å²) >= 11 is 6.47. The molecule has 0 saturated carbocycles. The molecule has 3 heterocycles. The van der Waals surface area contributed by atoms with Gasteiger partial charge in [0.1, 0.15) is 40.9 Å². The Kier molecular flexibility index (Phi) is 8.22. The fraction of sp³-hybridized carbons (Fsp3) is 0.194. The number of halogens is 2. The predicted molar refractivity (Wildman–Crippen MR) is 160 cm³/mol. The lowest BCUT2D eigenvalue weighted by Gasteiger charge is -2.21. The van der Waals surface area contributed by atoms with Crippen molar-refractivity contribution in [1.82, 2.24) is 24.5 Å². The predicted octanol–water partition coefficient (Wildman–Crippen LogP) is 5.86. The van der Waals surface area contributed by atoms with Crippen LogP contribution < -0.4 is 16.6 Å². The molecule has 3 aromatic heterocycles. The van der Waals surface area contributed by atoms with Gasteiger partial charge in [-0.25, -0.2) is 24.3 Å². The third-order valence-electron chi connectivity index (χ3n) is 6.52. The third-order valence-corrected chi connectivity index (χ3v) is 6.84. The maximum Gasteiger partial charge on any atom is 0.267 e. The molecule has 10 heteroatoms. The van der Waals surface area contributed by atoms with Crippen LogP contribution in [0, 0.1) is 17.7 Å². The van der Waals surface area contributed by atoms with Crippen molar-refractivity contribution >= 4 is 34.1 Å². The molecule has 0 saturated heterocycles. The average molecular weight is 568 g/mol. The molecule has 0 amide bonds. The highest BCUT2D eigenvalue weighted by molar-refractivity contribution is 6.35. The smallest absolute Gasteiger partial charge is 0.267 e. The molecular formula is C31H27ClFN7O. The molecule has 0 aliphatic rings. The standard InChI is InChI=1S/C31H27ClFN7O/c1-3-4-7-20-8-5-9-23(16-20)40-30(39-26-11-6-10-25(32)27(26)31(40)41)19(2)38-29-24(28(34)36-18-37-29)15-14-22-13-12-21(33)17-35-22/h5-6,8-13,16-19H,3-4,7H2,1-2H3,(H3,34,36,37,38)/t19-/m0/s1. The SMILES string of the molecule is CCCCc1cccc(-n2c([C@H](C)Nc3ncnc(N)c3C#Cc3ccc(F)cn3)nc3cccc(Cl)c3c2=O)c1. The first-order chi connectivity index (χ1) is 19.9. The van der Waals surface area contributed by atoms with E-state index in [2.05, 4.69) is 45.1 Å². The Morgan fingerprint density at radius 1 is 1.10 bits per heavy atom. The molecule has 8 nitrogen and oxygen atoms in total. The van der Waals surface area contributed by atoms with Crippen molar-refractivity contribution < 1.29 is 4.39 Å². The highest BCUT2D eigenvalue weighted by Gasteiger charge is 2.21. The molecular weight excluding hydrogens is 541 g/mol. The lowest BCUT2D eigenvalue weighted by molar-refractivity contribution is 0.621. The van der Waals surface area contributed by atoms with E-state index in [9.17, 15) is 9.18 Å². The molecule has 5 rings (SSSR count). The van der Waals surface area contributed by atoms with E-state index < -0.39 is 11.9 Å². The van der Waals surface area contributed by atoms with Crippen molar-refractivity contribution in [2.45, 2.75) is 39.2 Å². The van der Waals surface area contributed by atoms with E-state index in [1.807, 2.05) is 25.1 Å². The summed E-state index contributed by atoms with van der Waals surface area (Å²) in [5.41, 5.74) is 8.87. The zero-order valence-electron chi connectivity index (χ0n) is 22.5. The van der Waals surface area contributed by atoms with Gasteiger partial charge in [0.2, 0.25) is 0 Å². The maximum atomic E-state index is 14.0. The van der Waals surface area contributed by atoms with Crippen LogP contribution in [0.5, 0.6) is 0 Å².